The number of para-hydroxylation sites is 1. The van der Waals surface area contributed by atoms with Crippen molar-refractivity contribution in [2.24, 2.45) is 0 Å². The minimum absolute atomic E-state index is 0.133. The van der Waals surface area contributed by atoms with Gasteiger partial charge >= 0.3 is 0 Å². The summed E-state index contributed by atoms with van der Waals surface area (Å²) in [6, 6.07) is 12.3. The van der Waals surface area contributed by atoms with Gasteiger partial charge in [0.25, 0.3) is 0 Å². The maximum absolute atomic E-state index is 13.0. The van der Waals surface area contributed by atoms with E-state index < -0.39 is 10.0 Å². The molecule has 1 heterocycles. The van der Waals surface area contributed by atoms with Crippen LogP contribution in [0.4, 0.5) is 0 Å². The monoisotopic (exact) mass is 448 g/mol. The Balaban J connectivity index is 1.64. The zero-order valence-electron chi connectivity index (χ0n) is 17.8. The lowest BCUT2D eigenvalue weighted by Gasteiger charge is -2.27. The van der Waals surface area contributed by atoms with Gasteiger partial charge < -0.3 is 19.5 Å². The van der Waals surface area contributed by atoms with Gasteiger partial charge in [-0.3, -0.25) is 4.79 Å². The quantitative estimate of drug-likeness (QED) is 0.630. The van der Waals surface area contributed by atoms with Crippen LogP contribution in [0.1, 0.15) is 17.5 Å². The molecule has 31 heavy (non-hydrogen) atoms. The van der Waals surface area contributed by atoms with Crippen molar-refractivity contribution in [2.45, 2.75) is 24.3 Å². The van der Waals surface area contributed by atoms with Crippen molar-refractivity contribution >= 4 is 15.9 Å². The van der Waals surface area contributed by atoms with Gasteiger partial charge in [0.1, 0.15) is 0 Å². The highest BCUT2D eigenvalue weighted by Gasteiger charge is 2.28. The van der Waals surface area contributed by atoms with Crippen LogP contribution in [0.15, 0.2) is 47.4 Å². The smallest absolute Gasteiger partial charge is 0.243 e. The first-order chi connectivity index (χ1) is 15.0. The molecule has 0 aliphatic carbocycles. The minimum atomic E-state index is -3.64. The molecule has 1 fully saturated rings. The molecule has 1 aliphatic rings. The van der Waals surface area contributed by atoms with E-state index in [1.807, 2.05) is 12.1 Å². The second-order valence-electron chi connectivity index (χ2n) is 7.05. The van der Waals surface area contributed by atoms with Crippen molar-refractivity contribution < 1.29 is 27.4 Å². The zero-order valence-corrected chi connectivity index (χ0v) is 18.6. The van der Waals surface area contributed by atoms with Crippen LogP contribution in [0.25, 0.3) is 0 Å². The van der Waals surface area contributed by atoms with Crippen molar-refractivity contribution in [1.29, 1.82) is 0 Å². The average Bonchev–Trinajstić information content (AvgIpc) is 2.81. The van der Waals surface area contributed by atoms with Crippen molar-refractivity contribution in [3.63, 3.8) is 0 Å². The van der Waals surface area contributed by atoms with Gasteiger partial charge in [-0.2, -0.15) is 4.31 Å². The molecule has 3 rings (SSSR count). The number of carbonyl (C=O) groups is 1. The summed E-state index contributed by atoms with van der Waals surface area (Å²) < 4.78 is 43.4. The molecule has 0 spiro atoms. The summed E-state index contributed by atoms with van der Waals surface area (Å²) in [5.74, 6) is 1.05. The summed E-state index contributed by atoms with van der Waals surface area (Å²) in [5.41, 5.74) is 1.42. The molecular formula is C22H28N2O6S. The molecule has 0 unspecified atom stereocenters. The molecule has 0 radical (unpaired) electrons. The lowest BCUT2D eigenvalue weighted by Crippen LogP contribution is -2.41. The third kappa shape index (κ3) is 5.55. The molecule has 0 atom stereocenters. The van der Waals surface area contributed by atoms with E-state index in [0.29, 0.717) is 49.8 Å². The predicted molar refractivity (Wildman–Crippen MR) is 116 cm³/mol. The summed E-state index contributed by atoms with van der Waals surface area (Å²) in [4.78, 5) is 12.7. The summed E-state index contributed by atoms with van der Waals surface area (Å²) in [6.07, 6.45) is 0.710. The van der Waals surface area contributed by atoms with Crippen molar-refractivity contribution in [1.82, 2.24) is 9.62 Å². The van der Waals surface area contributed by atoms with Gasteiger partial charge in [-0.15, -0.1) is 0 Å². The fraction of sp³-hybridized carbons (Fsp3) is 0.409. The van der Waals surface area contributed by atoms with E-state index >= 15 is 0 Å². The van der Waals surface area contributed by atoms with Gasteiger partial charge in [-0.1, -0.05) is 30.3 Å². The summed E-state index contributed by atoms with van der Waals surface area (Å²) >= 11 is 0. The number of methoxy groups -OCH3 is 2. The van der Waals surface area contributed by atoms with Gasteiger partial charge in [0.05, 0.1) is 32.3 Å². The van der Waals surface area contributed by atoms with Crippen LogP contribution >= 0.6 is 0 Å². The van der Waals surface area contributed by atoms with E-state index in [4.69, 9.17) is 14.2 Å². The Kier molecular flexibility index (Phi) is 7.89. The highest BCUT2D eigenvalue weighted by molar-refractivity contribution is 7.89. The maximum Gasteiger partial charge on any atom is 0.243 e. The Morgan fingerprint density at radius 2 is 1.74 bits per heavy atom. The Labute approximate surface area is 183 Å². The van der Waals surface area contributed by atoms with Crippen LogP contribution in [-0.2, 0) is 32.5 Å². The van der Waals surface area contributed by atoms with Crippen molar-refractivity contribution in [3.05, 3.63) is 53.6 Å². The molecule has 1 saturated heterocycles. The molecule has 8 nitrogen and oxygen atoms in total. The number of amides is 1. The van der Waals surface area contributed by atoms with Crippen molar-refractivity contribution in [2.75, 3.05) is 40.5 Å². The van der Waals surface area contributed by atoms with Crippen LogP contribution in [0.2, 0.25) is 0 Å². The molecule has 9 heteroatoms. The van der Waals surface area contributed by atoms with E-state index in [0.717, 1.165) is 5.56 Å². The highest BCUT2D eigenvalue weighted by atomic mass is 32.2. The Bertz CT molecular complexity index is 1000. The van der Waals surface area contributed by atoms with Crippen LogP contribution in [-0.4, -0.2) is 59.2 Å². The van der Waals surface area contributed by atoms with Crippen LogP contribution in [0.3, 0.4) is 0 Å². The SMILES string of the molecule is COc1cccc(CCC(=O)NCc2ccccc2S(=O)(=O)N2CCOCC2)c1OC. The lowest BCUT2D eigenvalue weighted by atomic mass is 10.1. The summed E-state index contributed by atoms with van der Waals surface area (Å²) in [7, 11) is -0.512. The summed E-state index contributed by atoms with van der Waals surface area (Å²) in [5, 5.41) is 2.83. The molecule has 1 N–H and O–H groups in total. The third-order valence-corrected chi connectivity index (χ3v) is 7.14. The number of nitrogens with one attached hydrogen (secondary N) is 1. The standard InChI is InChI=1S/C22H28N2O6S/c1-28-19-8-5-7-17(22(19)29-2)10-11-21(25)23-16-18-6-3-4-9-20(18)31(26,27)24-12-14-30-15-13-24/h3-9H,10-16H2,1-2H3,(H,23,25). The Hall–Kier alpha value is -2.62. The van der Waals surface area contributed by atoms with E-state index in [2.05, 4.69) is 5.32 Å². The lowest BCUT2D eigenvalue weighted by molar-refractivity contribution is -0.121. The number of nitrogens with zero attached hydrogens (tertiary/aromatic N) is 1. The molecule has 2 aromatic rings. The van der Waals surface area contributed by atoms with Gasteiger partial charge in [-0.25, -0.2) is 8.42 Å². The molecule has 2 aromatic carbocycles. The zero-order chi connectivity index (χ0) is 22.3. The van der Waals surface area contributed by atoms with Crippen LogP contribution < -0.4 is 14.8 Å². The van der Waals surface area contributed by atoms with E-state index in [1.165, 1.54) is 4.31 Å². The number of benzene rings is 2. The first kappa shape index (κ1) is 23.1. The predicted octanol–water partition coefficient (Wildman–Crippen LogP) is 1.97. The van der Waals surface area contributed by atoms with Gasteiger partial charge in [0.15, 0.2) is 11.5 Å². The third-order valence-electron chi connectivity index (χ3n) is 5.14. The van der Waals surface area contributed by atoms with E-state index in [1.54, 1.807) is 44.6 Å². The second-order valence-corrected chi connectivity index (χ2v) is 8.96. The molecule has 0 saturated carbocycles. The van der Waals surface area contributed by atoms with Crippen LogP contribution in [0, 0.1) is 0 Å². The van der Waals surface area contributed by atoms with Gasteiger partial charge in [0.2, 0.25) is 15.9 Å². The van der Waals surface area contributed by atoms with Crippen LogP contribution in [0.5, 0.6) is 11.5 Å². The number of hydrogen-bond donors (Lipinski definition) is 1. The number of rotatable bonds is 9. The van der Waals surface area contributed by atoms with E-state index in [9.17, 15) is 13.2 Å². The van der Waals surface area contributed by atoms with Gasteiger partial charge in [0, 0.05) is 26.1 Å². The number of carbonyl (C=O) groups excluding carboxylic acids is 1. The normalized spacial score (nSPS) is 14.8. The first-order valence-corrected chi connectivity index (χ1v) is 11.5. The molecule has 1 amide bonds. The Morgan fingerprint density at radius 3 is 2.45 bits per heavy atom. The number of sulfonamides is 1. The molecule has 0 bridgehead atoms. The molecule has 1 aliphatic heterocycles. The molecule has 0 aromatic heterocycles. The number of morpholine rings is 1. The fourth-order valence-electron chi connectivity index (χ4n) is 3.51. The highest BCUT2D eigenvalue weighted by Crippen LogP contribution is 2.31. The largest absolute Gasteiger partial charge is 0.493 e. The number of hydrogen-bond acceptors (Lipinski definition) is 6. The number of aryl methyl sites for hydroxylation is 1. The molecular weight excluding hydrogens is 420 g/mol. The topological polar surface area (TPSA) is 94.2 Å². The maximum atomic E-state index is 13.0. The Morgan fingerprint density at radius 1 is 1.03 bits per heavy atom. The van der Waals surface area contributed by atoms with Crippen molar-refractivity contribution in [3.8, 4) is 11.5 Å². The molecule has 168 valence electrons. The number of ether oxygens (including phenoxy) is 3. The fourth-order valence-corrected chi connectivity index (χ4v) is 5.14. The average molecular weight is 449 g/mol. The van der Waals surface area contributed by atoms with Gasteiger partial charge in [-0.05, 0) is 29.7 Å². The minimum Gasteiger partial charge on any atom is -0.493 e. The van der Waals surface area contributed by atoms with E-state index in [-0.39, 0.29) is 23.8 Å². The summed E-state index contributed by atoms with van der Waals surface area (Å²) in [6.45, 7) is 1.54. The second kappa shape index (κ2) is 10.6. The first-order valence-electron chi connectivity index (χ1n) is 10.1.